The first-order chi connectivity index (χ1) is 9.38. The van der Waals surface area contributed by atoms with Gasteiger partial charge in [0.1, 0.15) is 17.5 Å². The lowest BCUT2D eigenvalue weighted by molar-refractivity contribution is -0.384. The molecule has 0 radical (unpaired) electrons. The zero-order chi connectivity index (χ0) is 14.9. The third-order valence-electron chi connectivity index (χ3n) is 2.36. The Morgan fingerprint density at radius 3 is 2.65 bits per heavy atom. The van der Waals surface area contributed by atoms with Crippen LogP contribution in [0.5, 0.6) is 0 Å². The lowest BCUT2D eigenvalue weighted by Gasteiger charge is -2.08. The molecule has 1 aromatic heterocycles. The summed E-state index contributed by atoms with van der Waals surface area (Å²) in [6.45, 7) is 0. The van der Waals surface area contributed by atoms with Crippen molar-refractivity contribution in [2.45, 2.75) is 0 Å². The normalized spacial score (nSPS) is 10.3. The number of nitrogens with one attached hydrogen (secondary N) is 1. The van der Waals surface area contributed by atoms with Gasteiger partial charge >= 0.3 is 5.69 Å². The lowest BCUT2D eigenvalue weighted by Crippen LogP contribution is -2.03. The maximum absolute atomic E-state index is 13.7. The Hall–Kier alpha value is -2.29. The predicted molar refractivity (Wildman–Crippen MR) is 72.6 cm³/mol. The quantitative estimate of drug-likeness (QED) is 0.505. The van der Waals surface area contributed by atoms with E-state index < -0.39 is 22.2 Å². The van der Waals surface area contributed by atoms with E-state index in [9.17, 15) is 18.9 Å². The summed E-state index contributed by atoms with van der Waals surface area (Å²) in [6.07, 6.45) is 0. The summed E-state index contributed by atoms with van der Waals surface area (Å²) in [4.78, 5) is 13.8. The lowest BCUT2D eigenvalue weighted by atomic mass is 10.3. The first kappa shape index (κ1) is 14.1. The molecule has 0 spiro atoms. The molecule has 9 heteroatoms. The molecule has 2 rings (SSSR count). The standard InChI is InChI=1S/C11H7BrF2N4O2/c12-5-3-7(14)8(4-6(5)13)16-11-9(18(19)20)1-2-10(15)17-11/h1-4H,(H3,15,16,17). The maximum atomic E-state index is 13.7. The van der Waals surface area contributed by atoms with Crippen molar-refractivity contribution in [2.75, 3.05) is 11.1 Å². The van der Waals surface area contributed by atoms with Crippen LogP contribution in [0.25, 0.3) is 0 Å². The molecule has 1 aromatic carbocycles. The second-order valence-corrected chi connectivity index (χ2v) is 4.59. The van der Waals surface area contributed by atoms with E-state index in [-0.39, 0.29) is 21.8 Å². The second-order valence-electron chi connectivity index (χ2n) is 3.73. The number of nitro groups is 1. The van der Waals surface area contributed by atoms with Gasteiger partial charge in [-0.3, -0.25) is 10.1 Å². The Bertz CT molecular complexity index is 696. The molecule has 0 aliphatic rings. The van der Waals surface area contributed by atoms with Crippen molar-refractivity contribution in [3.63, 3.8) is 0 Å². The molecule has 0 unspecified atom stereocenters. The van der Waals surface area contributed by atoms with E-state index in [1.165, 1.54) is 6.07 Å². The van der Waals surface area contributed by atoms with Crippen LogP contribution in [-0.2, 0) is 0 Å². The molecular weight excluding hydrogens is 338 g/mol. The van der Waals surface area contributed by atoms with Crippen LogP contribution in [0.4, 0.5) is 31.8 Å². The largest absolute Gasteiger partial charge is 0.384 e. The van der Waals surface area contributed by atoms with Gasteiger partial charge in [0.15, 0.2) is 0 Å². The molecule has 0 saturated heterocycles. The minimum atomic E-state index is -0.795. The number of nitrogens with two attached hydrogens (primary N) is 1. The van der Waals surface area contributed by atoms with Gasteiger partial charge in [0.05, 0.1) is 15.1 Å². The highest BCUT2D eigenvalue weighted by Gasteiger charge is 2.18. The molecule has 0 bridgehead atoms. The molecule has 3 N–H and O–H groups in total. The van der Waals surface area contributed by atoms with Crippen LogP contribution in [0.2, 0.25) is 0 Å². The SMILES string of the molecule is Nc1ccc([N+](=O)[O-])c(Nc2cc(F)c(Br)cc2F)n1. The van der Waals surface area contributed by atoms with Crippen LogP contribution < -0.4 is 11.1 Å². The van der Waals surface area contributed by atoms with Crippen LogP contribution in [-0.4, -0.2) is 9.91 Å². The number of nitrogens with zero attached hydrogens (tertiary/aromatic N) is 2. The fourth-order valence-electron chi connectivity index (χ4n) is 1.45. The topological polar surface area (TPSA) is 94.1 Å². The van der Waals surface area contributed by atoms with Gasteiger partial charge < -0.3 is 11.1 Å². The van der Waals surface area contributed by atoms with Crippen molar-refractivity contribution in [3.05, 3.63) is 50.5 Å². The average molecular weight is 345 g/mol. The molecule has 6 nitrogen and oxygen atoms in total. The van der Waals surface area contributed by atoms with Gasteiger partial charge in [-0.1, -0.05) is 0 Å². The van der Waals surface area contributed by atoms with Crippen LogP contribution >= 0.6 is 15.9 Å². The summed E-state index contributed by atoms with van der Waals surface area (Å²) in [5.74, 6) is -1.77. The first-order valence-corrected chi connectivity index (χ1v) is 6.00. The monoisotopic (exact) mass is 344 g/mol. The Morgan fingerprint density at radius 1 is 1.30 bits per heavy atom. The van der Waals surface area contributed by atoms with Gasteiger partial charge in [-0.15, -0.1) is 0 Å². The number of halogens is 3. The number of hydrogen-bond acceptors (Lipinski definition) is 5. The molecule has 1 heterocycles. The number of anilines is 3. The fraction of sp³-hybridized carbons (Fsp3) is 0. The Morgan fingerprint density at radius 2 is 2.00 bits per heavy atom. The van der Waals surface area contributed by atoms with E-state index >= 15 is 0 Å². The Labute approximate surface area is 119 Å². The number of pyridine rings is 1. The minimum absolute atomic E-state index is 0.0103. The zero-order valence-corrected chi connectivity index (χ0v) is 11.3. The third kappa shape index (κ3) is 2.82. The average Bonchev–Trinajstić information content (AvgIpc) is 2.35. The summed E-state index contributed by atoms with van der Waals surface area (Å²) >= 11 is 2.83. The second kappa shape index (κ2) is 5.37. The molecule has 0 saturated carbocycles. The maximum Gasteiger partial charge on any atom is 0.311 e. The van der Waals surface area contributed by atoms with Crippen molar-refractivity contribution in [3.8, 4) is 0 Å². The van der Waals surface area contributed by atoms with Crippen molar-refractivity contribution in [1.29, 1.82) is 0 Å². The van der Waals surface area contributed by atoms with Crippen molar-refractivity contribution >= 4 is 38.9 Å². The first-order valence-electron chi connectivity index (χ1n) is 5.21. The van der Waals surface area contributed by atoms with Crippen molar-refractivity contribution < 1.29 is 13.7 Å². The highest BCUT2D eigenvalue weighted by molar-refractivity contribution is 9.10. The summed E-state index contributed by atoms with van der Waals surface area (Å²) < 4.78 is 27.0. The van der Waals surface area contributed by atoms with Crippen LogP contribution in [0, 0.1) is 21.7 Å². The fourth-order valence-corrected chi connectivity index (χ4v) is 1.77. The number of aromatic nitrogens is 1. The highest BCUT2D eigenvalue weighted by Crippen LogP contribution is 2.30. The van der Waals surface area contributed by atoms with Crippen molar-refractivity contribution in [1.82, 2.24) is 4.98 Å². The molecule has 0 aliphatic carbocycles. The van der Waals surface area contributed by atoms with Crippen molar-refractivity contribution in [2.24, 2.45) is 0 Å². The molecule has 0 amide bonds. The van der Waals surface area contributed by atoms with E-state index in [0.717, 1.165) is 18.2 Å². The summed E-state index contributed by atoms with van der Waals surface area (Å²) in [6, 6.07) is 4.11. The molecule has 0 atom stereocenters. The molecular formula is C11H7BrF2N4O2. The Balaban J connectivity index is 2.47. The van der Waals surface area contributed by atoms with E-state index in [1.807, 2.05) is 0 Å². The highest BCUT2D eigenvalue weighted by atomic mass is 79.9. The van der Waals surface area contributed by atoms with E-state index in [4.69, 9.17) is 5.73 Å². The van der Waals surface area contributed by atoms with Crippen LogP contribution in [0.15, 0.2) is 28.7 Å². The number of hydrogen-bond donors (Lipinski definition) is 2. The van der Waals surface area contributed by atoms with E-state index in [2.05, 4.69) is 26.2 Å². The summed E-state index contributed by atoms with van der Waals surface area (Å²) in [7, 11) is 0. The Kier molecular flexibility index (Phi) is 3.79. The van der Waals surface area contributed by atoms with Gasteiger partial charge in [-0.05, 0) is 28.1 Å². The smallest absolute Gasteiger partial charge is 0.311 e. The molecule has 0 fully saturated rings. The van der Waals surface area contributed by atoms with Gasteiger partial charge in [0.2, 0.25) is 5.82 Å². The number of nitrogen functional groups attached to an aromatic ring is 1. The zero-order valence-electron chi connectivity index (χ0n) is 9.73. The van der Waals surface area contributed by atoms with Gasteiger partial charge in [-0.2, -0.15) is 0 Å². The number of rotatable bonds is 3. The van der Waals surface area contributed by atoms with Crippen LogP contribution in [0.1, 0.15) is 0 Å². The van der Waals surface area contributed by atoms with Gasteiger partial charge in [-0.25, -0.2) is 13.8 Å². The summed E-state index contributed by atoms with van der Waals surface area (Å²) in [5, 5.41) is 13.2. The van der Waals surface area contributed by atoms with E-state index in [1.54, 1.807) is 0 Å². The van der Waals surface area contributed by atoms with Gasteiger partial charge in [0, 0.05) is 12.1 Å². The molecule has 104 valence electrons. The molecule has 0 aliphatic heterocycles. The summed E-state index contributed by atoms with van der Waals surface area (Å²) in [5.41, 5.74) is 4.74. The van der Waals surface area contributed by atoms with Gasteiger partial charge in [0.25, 0.3) is 0 Å². The third-order valence-corrected chi connectivity index (χ3v) is 2.96. The molecule has 20 heavy (non-hydrogen) atoms. The van der Waals surface area contributed by atoms with E-state index in [0.29, 0.717) is 0 Å². The van der Waals surface area contributed by atoms with Crippen LogP contribution in [0.3, 0.4) is 0 Å². The molecule has 2 aromatic rings. The number of benzene rings is 1. The minimum Gasteiger partial charge on any atom is -0.384 e. The predicted octanol–water partition coefficient (Wildman–Crippen LogP) is 3.36.